The average Bonchev–Trinajstić information content (AvgIpc) is 2.52. The Bertz CT molecular complexity index is 463. The Morgan fingerprint density at radius 1 is 1.39 bits per heavy atom. The highest BCUT2D eigenvalue weighted by Crippen LogP contribution is 2.25. The van der Waals surface area contributed by atoms with Gasteiger partial charge in [0.1, 0.15) is 6.54 Å². The number of carbonyl (C=O) groups is 2. The number of carbonyl (C=O) groups excluding carboxylic acids is 2. The summed E-state index contributed by atoms with van der Waals surface area (Å²) in [6.07, 6.45) is 2.93. The predicted octanol–water partition coefficient (Wildman–Crippen LogP) is 0.447. The molecule has 2 amide bonds. The molecule has 1 heterocycles. The number of aromatic nitrogens is 2. The molecule has 0 unspecified atom stereocenters. The minimum absolute atomic E-state index is 0.0685. The quantitative estimate of drug-likeness (QED) is 0.765. The van der Waals surface area contributed by atoms with Gasteiger partial charge in [-0.05, 0) is 32.8 Å². The highest BCUT2D eigenvalue weighted by molar-refractivity contribution is 5.83. The first kappa shape index (κ1) is 12.6. The number of amides is 2. The molecule has 1 aliphatic carbocycles. The van der Waals surface area contributed by atoms with E-state index in [2.05, 4.69) is 16.0 Å². The molecule has 0 radical (unpaired) electrons. The van der Waals surface area contributed by atoms with Crippen molar-refractivity contribution in [3.8, 4) is 0 Å². The van der Waals surface area contributed by atoms with E-state index in [1.807, 2.05) is 19.9 Å². The van der Waals surface area contributed by atoms with Crippen LogP contribution in [-0.4, -0.2) is 21.6 Å². The molecule has 0 saturated heterocycles. The zero-order valence-electron chi connectivity index (χ0n) is 10.7. The van der Waals surface area contributed by atoms with Crippen molar-refractivity contribution in [1.29, 1.82) is 0 Å². The lowest BCUT2D eigenvalue weighted by atomic mass is 9.85. The summed E-state index contributed by atoms with van der Waals surface area (Å²) >= 11 is 0. The summed E-state index contributed by atoms with van der Waals surface area (Å²) in [5.41, 5.74) is 6.67. The van der Waals surface area contributed by atoms with E-state index < -0.39 is 0 Å². The Hall–Kier alpha value is -1.85. The summed E-state index contributed by atoms with van der Waals surface area (Å²) in [5, 5.41) is 4.18. The van der Waals surface area contributed by atoms with Crippen LogP contribution in [0.3, 0.4) is 0 Å². The van der Waals surface area contributed by atoms with E-state index in [0.29, 0.717) is 0 Å². The highest BCUT2D eigenvalue weighted by atomic mass is 16.2. The molecule has 1 saturated carbocycles. The second-order valence-electron chi connectivity index (χ2n) is 4.75. The van der Waals surface area contributed by atoms with E-state index in [0.717, 1.165) is 30.7 Å². The largest absolute Gasteiger partial charge is 0.273 e. The molecule has 98 valence electrons. The number of hydrogen-bond acceptors (Lipinski definition) is 3. The summed E-state index contributed by atoms with van der Waals surface area (Å²) < 4.78 is 1.61. The molecule has 1 aliphatic rings. The standard InChI is InChI=1S/C12H18N4O2/c1-8-6-9(2)16(15-8)7-11(17)13-14-12(18)10-4-3-5-10/h6,10H,3-5,7H2,1-2H3,(H,13,17)(H,14,18). The SMILES string of the molecule is Cc1cc(C)n(CC(=O)NNC(=O)C2CCC2)n1. The van der Waals surface area contributed by atoms with Crippen LogP contribution in [0.25, 0.3) is 0 Å². The predicted molar refractivity (Wildman–Crippen MR) is 65.3 cm³/mol. The minimum atomic E-state index is -0.270. The van der Waals surface area contributed by atoms with Crippen LogP contribution in [0.2, 0.25) is 0 Å². The normalized spacial score (nSPS) is 15.0. The maximum atomic E-state index is 11.6. The number of hydrazine groups is 1. The maximum absolute atomic E-state index is 11.6. The summed E-state index contributed by atoms with van der Waals surface area (Å²) in [7, 11) is 0. The van der Waals surface area contributed by atoms with Gasteiger partial charge in [-0.15, -0.1) is 0 Å². The molecular weight excluding hydrogens is 232 g/mol. The summed E-state index contributed by atoms with van der Waals surface area (Å²) in [5.74, 6) is -0.296. The lowest BCUT2D eigenvalue weighted by Gasteiger charge is -2.23. The second kappa shape index (κ2) is 5.20. The van der Waals surface area contributed by atoms with E-state index >= 15 is 0 Å². The van der Waals surface area contributed by atoms with Crippen molar-refractivity contribution < 1.29 is 9.59 Å². The van der Waals surface area contributed by atoms with Gasteiger partial charge in [0.2, 0.25) is 5.91 Å². The van der Waals surface area contributed by atoms with E-state index in [9.17, 15) is 9.59 Å². The molecule has 2 N–H and O–H groups in total. The number of aryl methyl sites for hydroxylation is 2. The minimum Gasteiger partial charge on any atom is -0.273 e. The Balaban J connectivity index is 1.78. The van der Waals surface area contributed by atoms with Gasteiger partial charge in [-0.25, -0.2) is 0 Å². The van der Waals surface area contributed by atoms with Gasteiger partial charge < -0.3 is 0 Å². The van der Waals surface area contributed by atoms with Crippen LogP contribution in [0.4, 0.5) is 0 Å². The topological polar surface area (TPSA) is 76.0 Å². The van der Waals surface area contributed by atoms with Gasteiger partial charge in [0.15, 0.2) is 0 Å². The van der Waals surface area contributed by atoms with Gasteiger partial charge in [-0.1, -0.05) is 6.42 Å². The molecule has 2 rings (SSSR count). The van der Waals surface area contributed by atoms with Crippen LogP contribution in [0, 0.1) is 19.8 Å². The van der Waals surface area contributed by atoms with Crippen molar-refractivity contribution in [3.05, 3.63) is 17.5 Å². The summed E-state index contributed by atoms with van der Waals surface area (Å²) in [6.45, 7) is 3.88. The van der Waals surface area contributed by atoms with Crippen LogP contribution in [0.1, 0.15) is 30.7 Å². The molecule has 0 bridgehead atoms. The van der Waals surface area contributed by atoms with Crippen LogP contribution in [-0.2, 0) is 16.1 Å². The van der Waals surface area contributed by atoms with Crippen LogP contribution < -0.4 is 10.9 Å². The molecule has 6 heteroatoms. The van der Waals surface area contributed by atoms with Crippen molar-refractivity contribution >= 4 is 11.8 Å². The first-order valence-electron chi connectivity index (χ1n) is 6.16. The van der Waals surface area contributed by atoms with Crippen molar-refractivity contribution in [1.82, 2.24) is 20.6 Å². The molecule has 1 fully saturated rings. The van der Waals surface area contributed by atoms with Crippen molar-refractivity contribution in [2.75, 3.05) is 0 Å². The fraction of sp³-hybridized carbons (Fsp3) is 0.583. The zero-order valence-corrected chi connectivity index (χ0v) is 10.7. The third-order valence-corrected chi connectivity index (χ3v) is 3.20. The monoisotopic (exact) mass is 250 g/mol. The smallest absolute Gasteiger partial charge is 0.260 e. The number of nitrogens with zero attached hydrogens (tertiary/aromatic N) is 2. The van der Waals surface area contributed by atoms with Crippen molar-refractivity contribution in [2.45, 2.75) is 39.7 Å². The van der Waals surface area contributed by atoms with E-state index in [1.54, 1.807) is 4.68 Å². The van der Waals surface area contributed by atoms with Gasteiger partial charge in [-0.2, -0.15) is 5.10 Å². The van der Waals surface area contributed by atoms with Gasteiger partial charge in [0.05, 0.1) is 5.69 Å². The summed E-state index contributed by atoms with van der Waals surface area (Å²) in [4.78, 5) is 23.1. The van der Waals surface area contributed by atoms with Gasteiger partial charge in [0.25, 0.3) is 5.91 Å². The van der Waals surface area contributed by atoms with Gasteiger partial charge in [0, 0.05) is 11.6 Å². The average molecular weight is 250 g/mol. The van der Waals surface area contributed by atoms with Crippen LogP contribution >= 0.6 is 0 Å². The fourth-order valence-corrected chi connectivity index (χ4v) is 1.91. The van der Waals surface area contributed by atoms with Crippen LogP contribution in [0.5, 0.6) is 0 Å². The molecule has 0 aliphatic heterocycles. The van der Waals surface area contributed by atoms with Gasteiger partial charge in [-0.3, -0.25) is 25.1 Å². The lowest BCUT2D eigenvalue weighted by Crippen LogP contribution is -2.47. The van der Waals surface area contributed by atoms with Gasteiger partial charge >= 0.3 is 0 Å². The molecule has 1 aromatic rings. The first-order valence-corrected chi connectivity index (χ1v) is 6.16. The third-order valence-electron chi connectivity index (χ3n) is 3.20. The first-order chi connectivity index (χ1) is 8.56. The van der Waals surface area contributed by atoms with Crippen molar-refractivity contribution in [3.63, 3.8) is 0 Å². The second-order valence-corrected chi connectivity index (χ2v) is 4.75. The molecule has 6 nitrogen and oxygen atoms in total. The Morgan fingerprint density at radius 2 is 2.11 bits per heavy atom. The molecule has 0 atom stereocenters. The summed E-state index contributed by atoms with van der Waals surface area (Å²) in [6, 6.07) is 1.90. The molecule has 1 aromatic heterocycles. The Labute approximate surface area is 106 Å². The Kier molecular flexibility index (Phi) is 3.64. The molecule has 0 spiro atoms. The maximum Gasteiger partial charge on any atom is 0.260 e. The van der Waals surface area contributed by atoms with Crippen LogP contribution in [0.15, 0.2) is 6.07 Å². The Morgan fingerprint density at radius 3 is 2.61 bits per heavy atom. The fourth-order valence-electron chi connectivity index (χ4n) is 1.91. The van der Waals surface area contributed by atoms with E-state index in [4.69, 9.17) is 0 Å². The number of hydrogen-bond donors (Lipinski definition) is 2. The van der Waals surface area contributed by atoms with E-state index in [1.165, 1.54) is 0 Å². The molecular formula is C12H18N4O2. The zero-order chi connectivity index (χ0) is 13.1. The third kappa shape index (κ3) is 2.88. The lowest BCUT2D eigenvalue weighted by molar-refractivity contribution is -0.133. The number of nitrogens with one attached hydrogen (secondary N) is 2. The van der Waals surface area contributed by atoms with E-state index in [-0.39, 0.29) is 24.3 Å². The molecule has 0 aromatic carbocycles. The number of rotatable bonds is 3. The molecule has 18 heavy (non-hydrogen) atoms. The van der Waals surface area contributed by atoms with Crippen molar-refractivity contribution in [2.24, 2.45) is 5.92 Å². The highest BCUT2D eigenvalue weighted by Gasteiger charge is 2.25.